The number of para-hydroxylation sites is 2. The standard InChI is InChI=1S/C23H23N5O2/c29-23-20(16-5-1-3-7-18(16)26-23)22-21(17-6-2-4-8-19(17)25-22)27-30-10-9-28-13-14-11-15(28)12-24-14/h1-8,14-15,24-25H,9-13H2,(H,26,29)/b22-20-,27-21+/t14-,15-/m1/s1. The molecule has 6 rings (SSSR count). The summed E-state index contributed by atoms with van der Waals surface area (Å²) in [4.78, 5) is 21.0. The van der Waals surface area contributed by atoms with Crippen LogP contribution < -0.4 is 16.0 Å². The van der Waals surface area contributed by atoms with Gasteiger partial charge in [-0.15, -0.1) is 0 Å². The van der Waals surface area contributed by atoms with Crippen molar-refractivity contribution in [3.05, 3.63) is 65.4 Å². The van der Waals surface area contributed by atoms with E-state index in [1.807, 2.05) is 48.5 Å². The van der Waals surface area contributed by atoms with E-state index in [1.54, 1.807) is 0 Å². The Bertz CT molecular complexity index is 1090. The van der Waals surface area contributed by atoms with Gasteiger partial charge in [0.1, 0.15) is 12.3 Å². The zero-order chi connectivity index (χ0) is 20.1. The van der Waals surface area contributed by atoms with E-state index in [1.165, 1.54) is 6.42 Å². The van der Waals surface area contributed by atoms with Crippen molar-refractivity contribution in [1.29, 1.82) is 0 Å². The number of hydrogen-bond donors (Lipinski definition) is 3. The minimum Gasteiger partial charge on any atom is -0.394 e. The van der Waals surface area contributed by atoms with Gasteiger partial charge in [-0.1, -0.05) is 41.6 Å². The van der Waals surface area contributed by atoms with Crippen molar-refractivity contribution >= 4 is 28.6 Å². The van der Waals surface area contributed by atoms with E-state index in [-0.39, 0.29) is 5.91 Å². The average molecular weight is 401 g/mol. The minimum atomic E-state index is -0.125. The van der Waals surface area contributed by atoms with Crippen LogP contribution in [-0.2, 0) is 9.63 Å². The fourth-order valence-corrected chi connectivity index (χ4v) is 4.96. The van der Waals surface area contributed by atoms with Crippen molar-refractivity contribution in [2.75, 3.05) is 36.9 Å². The number of anilines is 2. The molecule has 4 aliphatic rings. The second-order valence-electron chi connectivity index (χ2n) is 8.18. The Kier molecular flexibility index (Phi) is 4.11. The van der Waals surface area contributed by atoms with Crippen LogP contribution in [0.2, 0.25) is 0 Å². The van der Waals surface area contributed by atoms with Crippen molar-refractivity contribution in [2.24, 2.45) is 5.16 Å². The Morgan fingerprint density at radius 2 is 1.80 bits per heavy atom. The molecule has 2 saturated heterocycles. The van der Waals surface area contributed by atoms with E-state index in [9.17, 15) is 4.79 Å². The van der Waals surface area contributed by atoms with Crippen molar-refractivity contribution in [3.8, 4) is 0 Å². The fourth-order valence-electron chi connectivity index (χ4n) is 4.96. The first kappa shape index (κ1) is 17.7. The molecule has 0 radical (unpaired) electrons. The Labute approximate surface area is 174 Å². The number of oxime groups is 1. The zero-order valence-electron chi connectivity index (χ0n) is 16.5. The molecule has 7 heteroatoms. The Hall–Kier alpha value is -3.16. The lowest BCUT2D eigenvalue weighted by Gasteiger charge is -2.26. The average Bonchev–Trinajstić information content (AvgIpc) is 3.52. The Morgan fingerprint density at radius 3 is 2.57 bits per heavy atom. The van der Waals surface area contributed by atoms with Crippen LogP contribution in [0.15, 0.2) is 59.4 Å². The monoisotopic (exact) mass is 401 g/mol. The van der Waals surface area contributed by atoms with Crippen LogP contribution in [-0.4, -0.2) is 54.8 Å². The van der Waals surface area contributed by atoms with E-state index in [0.29, 0.717) is 35.7 Å². The predicted octanol–water partition coefficient (Wildman–Crippen LogP) is 2.24. The molecule has 2 aromatic carbocycles. The summed E-state index contributed by atoms with van der Waals surface area (Å²) in [5.74, 6) is -0.125. The second-order valence-corrected chi connectivity index (χ2v) is 8.18. The summed E-state index contributed by atoms with van der Waals surface area (Å²) < 4.78 is 0. The number of carbonyl (C=O) groups is 1. The molecule has 2 bridgehead atoms. The molecule has 0 aliphatic carbocycles. The maximum atomic E-state index is 12.8. The van der Waals surface area contributed by atoms with Gasteiger partial charge in [0, 0.05) is 54.2 Å². The molecule has 0 aromatic heterocycles. The maximum Gasteiger partial charge on any atom is 0.258 e. The van der Waals surface area contributed by atoms with E-state index >= 15 is 0 Å². The molecule has 2 aromatic rings. The Morgan fingerprint density at radius 1 is 1.03 bits per heavy atom. The third kappa shape index (κ3) is 2.81. The van der Waals surface area contributed by atoms with Crippen LogP contribution in [0.25, 0.3) is 5.57 Å². The molecule has 30 heavy (non-hydrogen) atoms. The van der Waals surface area contributed by atoms with Crippen molar-refractivity contribution in [3.63, 3.8) is 0 Å². The molecule has 0 unspecified atom stereocenters. The largest absolute Gasteiger partial charge is 0.394 e. The van der Waals surface area contributed by atoms with Crippen LogP contribution >= 0.6 is 0 Å². The minimum absolute atomic E-state index is 0.125. The molecule has 7 nitrogen and oxygen atoms in total. The first-order chi connectivity index (χ1) is 14.8. The third-order valence-corrected chi connectivity index (χ3v) is 6.40. The van der Waals surface area contributed by atoms with Gasteiger partial charge in [-0.25, -0.2) is 0 Å². The quantitative estimate of drug-likeness (QED) is 0.416. The van der Waals surface area contributed by atoms with Crippen LogP contribution in [0.4, 0.5) is 11.4 Å². The topological polar surface area (TPSA) is 78.0 Å². The number of amides is 1. The van der Waals surface area contributed by atoms with Gasteiger partial charge in [0.2, 0.25) is 0 Å². The van der Waals surface area contributed by atoms with E-state index in [4.69, 9.17) is 4.84 Å². The number of likely N-dealkylation sites (tertiary alicyclic amines) is 1. The number of nitrogens with one attached hydrogen (secondary N) is 3. The summed E-state index contributed by atoms with van der Waals surface area (Å²) in [6, 6.07) is 16.9. The molecular formula is C23H23N5O2. The highest BCUT2D eigenvalue weighted by molar-refractivity contribution is 6.39. The van der Waals surface area contributed by atoms with Gasteiger partial charge in [0.05, 0.1) is 11.3 Å². The summed E-state index contributed by atoms with van der Waals surface area (Å²) in [5, 5.41) is 14.4. The van der Waals surface area contributed by atoms with Crippen molar-refractivity contribution < 1.29 is 9.63 Å². The van der Waals surface area contributed by atoms with Crippen LogP contribution in [0.5, 0.6) is 0 Å². The maximum absolute atomic E-state index is 12.8. The first-order valence-electron chi connectivity index (χ1n) is 10.5. The van der Waals surface area contributed by atoms with Crippen molar-refractivity contribution in [1.82, 2.24) is 10.2 Å². The fraction of sp³-hybridized carbons (Fsp3) is 0.304. The SMILES string of the molecule is O=C1Nc2ccccc2/C1=C1/Nc2ccccc2/C1=N\OCCN1C[C@H]2C[C@@H]1CN2. The number of piperazine rings is 1. The second kappa shape index (κ2) is 6.97. The normalized spacial score (nSPS) is 27.9. The lowest BCUT2D eigenvalue weighted by molar-refractivity contribution is -0.110. The van der Waals surface area contributed by atoms with Gasteiger partial charge < -0.3 is 20.8 Å². The Balaban J connectivity index is 1.29. The molecule has 0 saturated carbocycles. The van der Waals surface area contributed by atoms with Gasteiger partial charge >= 0.3 is 0 Å². The first-order valence-corrected chi connectivity index (χ1v) is 10.5. The number of nitrogens with zero attached hydrogens (tertiary/aromatic N) is 2. The lowest BCUT2D eigenvalue weighted by atomic mass is 10.0. The summed E-state index contributed by atoms with van der Waals surface area (Å²) in [6.45, 7) is 3.55. The number of benzene rings is 2. The molecule has 0 spiro atoms. The smallest absolute Gasteiger partial charge is 0.258 e. The molecule has 2 fully saturated rings. The van der Waals surface area contributed by atoms with E-state index < -0.39 is 0 Å². The lowest BCUT2D eigenvalue weighted by Crippen LogP contribution is -2.44. The molecule has 2 atom stereocenters. The van der Waals surface area contributed by atoms with Gasteiger partial charge in [-0.3, -0.25) is 9.69 Å². The number of rotatable bonds is 4. The van der Waals surface area contributed by atoms with Crippen LogP contribution in [0, 0.1) is 0 Å². The van der Waals surface area contributed by atoms with Crippen molar-refractivity contribution in [2.45, 2.75) is 18.5 Å². The molecule has 1 amide bonds. The van der Waals surface area contributed by atoms with Gasteiger partial charge in [-0.2, -0.15) is 0 Å². The third-order valence-electron chi connectivity index (χ3n) is 6.40. The van der Waals surface area contributed by atoms with Crippen LogP contribution in [0.1, 0.15) is 17.5 Å². The number of allylic oxidation sites excluding steroid dienone is 1. The number of carbonyl (C=O) groups excluding carboxylic acids is 1. The van der Waals surface area contributed by atoms with Crippen LogP contribution in [0.3, 0.4) is 0 Å². The van der Waals surface area contributed by atoms with E-state index in [0.717, 1.165) is 42.1 Å². The molecule has 4 aliphatic heterocycles. The zero-order valence-corrected chi connectivity index (χ0v) is 16.5. The molecule has 152 valence electrons. The molecule has 4 heterocycles. The van der Waals surface area contributed by atoms with E-state index in [2.05, 4.69) is 26.0 Å². The molecule has 3 N–H and O–H groups in total. The highest BCUT2D eigenvalue weighted by atomic mass is 16.6. The predicted molar refractivity (Wildman–Crippen MR) is 116 cm³/mol. The number of fused-ring (bicyclic) bond motifs is 4. The summed E-state index contributed by atoms with van der Waals surface area (Å²) in [7, 11) is 0. The highest BCUT2D eigenvalue weighted by Crippen LogP contribution is 2.38. The molecular weight excluding hydrogens is 378 g/mol. The summed E-state index contributed by atoms with van der Waals surface area (Å²) in [5.41, 5.74) is 5.56. The van der Waals surface area contributed by atoms with Gasteiger partial charge in [-0.05, 0) is 18.6 Å². The van der Waals surface area contributed by atoms with Gasteiger partial charge in [0.15, 0.2) is 0 Å². The van der Waals surface area contributed by atoms with Gasteiger partial charge in [0.25, 0.3) is 5.91 Å². The summed E-state index contributed by atoms with van der Waals surface area (Å²) >= 11 is 0. The highest BCUT2D eigenvalue weighted by Gasteiger charge is 2.37. The summed E-state index contributed by atoms with van der Waals surface area (Å²) in [6.07, 6.45) is 1.23. The number of hydrogen-bond acceptors (Lipinski definition) is 6.